The number of rotatable bonds is 5. The highest BCUT2D eigenvalue weighted by Crippen LogP contribution is 2.32. The van der Waals surface area contributed by atoms with Gasteiger partial charge in [0, 0.05) is 6.54 Å². The summed E-state index contributed by atoms with van der Waals surface area (Å²) in [7, 11) is -3.56. The third-order valence-corrected chi connectivity index (χ3v) is 5.84. The summed E-state index contributed by atoms with van der Waals surface area (Å²) in [6.07, 6.45) is 1.36. The molecule has 0 amide bonds. The summed E-state index contributed by atoms with van der Waals surface area (Å²) in [5, 5.41) is 9.29. The normalized spacial score (nSPS) is 23.9. The summed E-state index contributed by atoms with van der Waals surface area (Å²) >= 11 is 0. The number of aryl methyl sites for hydroxylation is 1. The maximum absolute atomic E-state index is 12.4. The molecule has 1 aromatic rings. The number of carboxylic acids is 1. The van der Waals surface area contributed by atoms with E-state index in [0.29, 0.717) is 25.8 Å². The van der Waals surface area contributed by atoms with Crippen LogP contribution in [-0.4, -0.2) is 41.6 Å². The highest BCUT2D eigenvalue weighted by atomic mass is 32.2. The summed E-state index contributed by atoms with van der Waals surface area (Å²) in [6.45, 7) is 1.78. The fourth-order valence-electron chi connectivity index (χ4n) is 2.60. The first-order valence-corrected chi connectivity index (χ1v) is 8.25. The fraction of sp³-hybridized carbons (Fsp3) is 0.500. The summed E-state index contributed by atoms with van der Waals surface area (Å²) < 4.78 is 25.9. The van der Waals surface area contributed by atoms with Gasteiger partial charge in [0.25, 0.3) is 0 Å². The molecule has 0 saturated carbocycles. The molecule has 1 aromatic carbocycles. The van der Waals surface area contributed by atoms with Crippen molar-refractivity contribution in [2.45, 2.75) is 31.7 Å². The molecule has 1 N–H and O–H groups in total. The van der Waals surface area contributed by atoms with Gasteiger partial charge < -0.3 is 5.11 Å². The SMILES string of the molecule is CC1(C(=O)O)CCCN1S(=O)(=O)CCc1ccccc1. The monoisotopic (exact) mass is 297 g/mol. The van der Waals surface area contributed by atoms with E-state index in [0.717, 1.165) is 9.87 Å². The van der Waals surface area contributed by atoms with Crippen LogP contribution in [0.3, 0.4) is 0 Å². The van der Waals surface area contributed by atoms with Crippen LogP contribution in [0.15, 0.2) is 30.3 Å². The number of carbonyl (C=O) groups is 1. The van der Waals surface area contributed by atoms with Gasteiger partial charge in [-0.25, -0.2) is 8.42 Å². The highest BCUT2D eigenvalue weighted by molar-refractivity contribution is 7.89. The van der Waals surface area contributed by atoms with Gasteiger partial charge in [-0.3, -0.25) is 4.79 Å². The summed E-state index contributed by atoms with van der Waals surface area (Å²) in [5.41, 5.74) is -0.359. The first-order chi connectivity index (χ1) is 9.36. The molecule has 1 unspecified atom stereocenters. The number of aliphatic carboxylic acids is 1. The zero-order chi connectivity index (χ0) is 14.8. The van der Waals surface area contributed by atoms with Crippen LogP contribution in [0.25, 0.3) is 0 Å². The van der Waals surface area contributed by atoms with Crippen molar-refractivity contribution in [3.63, 3.8) is 0 Å². The predicted molar refractivity (Wildman–Crippen MR) is 75.9 cm³/mol. The highest BCUT2D eigenvalue weighted by Gasteiger charge is 2.48. The molecule has 6 heteroatoms. The van der Waals surface area contributed by atoms with Crippen LogP contribution < -0.4 is 0 Å². The second kappa shape index (κ2) is 5.54. The van der Waals surface area contributed by atoms with Crippen LogP contribution >= 0.6 is 0 Å². The molecule has 5 nitrogen and oxygen atoms in total. The first-order valence-electron chi connectivity index (χ1n) is 6.64. The lowest BCUT2D eigenvalue weighted by molar-refractivity contribution is -0.146. The Morgan fingerprint density at radius 2 is 2.00 bits per heavy atom. The molecule has 1 fully saturated rings. The average molecular weight is 297 g/mol. The van der Waals surface area contributed by atoms with Gasteiger partial charge >= 0.3 is 5.97 Å². The Morgan fingerprint density at radius 3 is 2.60 bits per heavy atom. The van der Waals surface area contributed by atoms with Gasteiger partial charge in [0.1, 0.15) is 5.54 Å². The second-order valence-corrected chi connectivity index (χ2v) is 7.32. The van der Waals surface area contributed by atoms with E-state index in [9.17, 15) is 18.3 Å². The molecule has 0 aromatic heterocycles. The quantitative estimate of drug-likeness (QED) is 0.893. The minimum Gasteiger partial charge on any atom is -0.480 e. The number of nitrogens with zero attached hydrogens (tertiary/aromatic N) is 1. The molecule has 1 heterocycles. The molecule has 1 saturated heterocycles. The standard InChI is InChI=1S/C14H19NO4S/c1-14(13(16)17)9-5-10-15(14)20(18,19)11-8-12-6-3-2-4-7-12/h2-4,6-7H,5,8-11H2,1H3,(H,16,17). The molecule has 0 aliphatic carbocycles. The molecule has 1 atom stereocenters. The Bertz CT molecular complexity index is 584. The largest absolute Gasteiger partial charge is 0.480 e. The fourth-order valence-corrected chi connectivity index (χ4v) is 4.50. The Labute approximate surface area is 119 Å². The van der Waals surface area contributed by atoms with Gasteiger partial charge in [-0.15, -0.1) is 0 Å². The molecule has 0 spiro atoms. The van der Waals surface area contributed by atoms with E-state index < -0.39 is 21.5 Å². The summed E-state index contributed by atoms with van der Waals surface area (Å²) in [4.78, 5) is 11.3. The number of sulfonamides is 1. The van der Waals surface area contributed by atoms with Crippen LogP contribution in [0.4, 0.5) is 0 Å². The molecule has 20 heavy (non-hydrogen) atoms. The van der Waals surface area contributed by atoms with E-state index in [2.05, 4.69) is 0 Å². The Kier molecular flexibility index (Phi) is 4.15. The minimum absolute atomic E-state index is 0.0557. The average Bonchev–Trinajstić information content (AvgIpc) is 2.82. The molecule has 1 aliphatic rings. The van der Waals surface area contributed by atoms with Gasteiger partial charge in [-0.05, 0) is 31.7 Å². The van der Waals surface area contributed by atoms with Gasteiger partial charge in [0.15, 0.2) is 0 Å². The van der Waals surface area contributed by atoms with E-state index in [4.69, 9.17) is 0 Å². The van der Waals surface area contributed by atoms with Crippen LogP contribution in [0.1, 0.15) is 25.3 Å². The molecule has 0 radical (unpaired) electrons. The van der Waals surface area contributed by atoms with E-state index in [-0.39, 0.29) is 5.75 Å². The van der Waals surface area contributed by atoms with Crippen molar-refractivity contribution in [3.8, 4) is 0 Å². The lowest BCUT2D eigenvalue weighted by Crippen LogP contribution is -2.51. The maximum Gasteiger partial charge on any atom is 0.324 e. The minimum atomic E-state index is -3.56. The van der Waals surface area contributed by atoms with Crippen molar-refractivity contribution in [2.75, 3.05) is 12.3 Å². The van der Waals surface area contributed by atoms with Crippen LogP contribution in [0.2, 0.25) is 0 Å². The van der Waals surface area contributed by atoms with E-state index >= 15 is 0 Å². The summed E-state index contributed by atoms with van der Waals surface area (Å²) in [5.74, 6) is -1.13. The Balaban J connectivity index is 2.12. The predicted octanol–water partition coefficient (Wildman–Crippen LogP) is 1.50. The van der Waals surface area contributed by atoms with E-state index in [1.807, 2.05) is 30.3 Å². The van der Waals surface area contributed by atoms with Crippen molar-refractivity contribution in [2.24, 2.45) is 0 Å². The van der Waals surface area contributed by atoms with Gasteiger partial charge in [0.2, 0.25) is 10.0 Å². The lowest BCUT2D eigenvalue weighted by Gasteiger charge is -2.30. The molecular formula is C14H19NO4S. The van der Waals surface area contributed by atoms with Gasteiger partial charge in [-0.2, -0.15) is 4.31 Å². The number of hydrogen-bond acceptors (Lipinski definition) is 3. The first kappa shape index (κ1) is 15.0. The van der Waals surface area contributed by atoms with Crippen LogP contribution in [-0.2, 0) is 21.2 Å². The van der Waals surface area contributed by atoms with Crippen molar-refractivity contribution in [1.82, 2.24) is 4.31 Å². The molecule has 2 rings (SSSR count). The molecule has 0 bridgehead atoms. The van der Waals surface area contributed by atoms with Crippen LogP contribution in [0.5, 0.6) is 0 Å². The molecule has 110 valence electrons. The van der Waals surface area contributed by atoms with Crippen molar-refractivity contribution >= 4 is 16.0 Å². The smallest absolute Gasteiger partial charge is 0.324 e. The third-order valence-electron chi connectivity index (χ3n) is 3.86. The third kappa shape index (κ3) is 2.86. The van der Waals surface area contributed by atoms with Crippen molar-refractivity contribution in [1.29, 1.82) is 0 Å². The number of benzene rings is 1. The van der Waals surface area contributed by atoms with Crippen molar-refractivity contribution in [3.05, 3.63) is 35.9 Å². The topological polar surface area (TPSA) is 74.7 Å². The summed E-state index contributed by atoms with van der Waals surface area (Å²) in [6, 6.07) is 9.34. The Morgan fingerprint density at radius 1 is 1.35 bits per heavy atom. The maximum atomic E-state index is 12.4. The van der Waals surface area contributed by atoms with E-state index in [1.165, 1.54) is 6.92 Å². The van der Waals surface area contributed by atoms with Gasteiger partial charge in [0.05, 0.1) is 5.75 Å². The van der Waals surface area contributed by atoms with Gasteiger partial charge in [-0.1, -0.05) is 30.3 Å². The van der Waals surface area contributed by atoms with E-state index in [1.54, 1.807) is 0 Å². The Hall–Kier alpha value is -1.40. The second-order valence-electron chi connectivity index (χ2n) is 5.31. The number of hydrogen-bond donors (Lipinski definition) is 1. The lowest BCUT2D eigenvalue weighted by atomic mass is 10.0. The van der Waals surface area contributed by atoms with Crippen LogP contribution in [0, 0.1) is 0 Å². The molecule has 1 aliphatic heterocycles. The van der Waals surface area contributed by atoms with Crippen molar-refractivity contribution < 1.29 is 18.3 Å². The zero-order valence-electron chi connectivity index (χ0n) is 11.4. The zero-order valence-corrected chi connectivity index (χ0v) is 12.3. The number of carboxylic acid groups (broad SMARTS) is 1. The molecular weight excluding hydrogens is 278 g/mol.